The van der Waals surface area contributed by atoms with Crippen LogP contribution < -0.4 is 0 Å². The summed E-state index contributed by atoms with van der Waals surface area (Å²) in [5.41, 5.74) is 2.54. The molecule has 2 aliphatic heterocycles. The van der Waals surface area contributed by atoms with Crippen molar-refractivity contribution in [2.24, 2.45) is 0 Å². The molecule has 9 nitrogen and oxygen atoms in total. The smallest absolute Gasteiger partial charge is 0.453 e. The van der Waals surface area contributed by atoms with E-state index in [9.17, 15) is 14.4 Å². The molecule has 5 rings (SSSR count). The molecule has 0 N–H and O–H groups in total. The van der Waals surface area contributed by atoms with Crippen molar-refractivity contribution in [3.63, 3.8) is 0 Å². The SMILES string of the molecule is CCOC(=O)C1(C(=O)OCC)OC2=C(O1)C(N1CC(c3cccc(Cl)c3)OC1=O)CC1=C2C=CCC1. The lowest BCUT2D eigenvalue weighted by atomic mass is 9.85. The second-order valence-corrected chi connectivity index (χ2v) is 9.15. The topological polar surface area (TPSA) is 101 Å². The molecule has 190 valence electrons. The van der Waals surface area contributed by atoms with Crippen LogP contribution in [0.15, 0.2) is 59.1 Å². The molecule has 4 aliphatic rings. The summed E-state index contributed by atoms with van der Waals surface area (Å²) in [6.45, 7) is 3.47. The molecule has 0 aromatic heterocycles. The van der Waals surface area contributed by atoms with Crippen LogP contribution in [0.1, 0.15) is 44.8 Å². The lowest BCUT2D eigenvalue weighted by molar-refractivity contribution is -0.220. The summed E-state index contributed by atoms with van der Waals surface area (Å²) in [4.78, 5) is 40.6. The van der Waals surface area contributed by atoms with Crippen molar-refractivity contribution >= 4 is 29.6 Å². The number of rotatable bonds is 6. The summed E-state index contributed by atoms with van der Waals surface area (Å²) < 4.78 is 28.0. The van der Waals surface area contributed by atoms with Gasteiger partial charge in [-0.1, -0.05) is 41.5 Å². The normalized spacial score (nSPS) is 24.0. The maximum absolute atomic E-state index is 13.1. The molecule has 10 heteroatoms. The van der Waals surface area contributed by atoms with Crippen LogP contribution in [-0.4, -0.2) is 54.5 Å². The molecule has 1 fully saturated rings. The molecular weight excluding hydrogens is 490 g/mol. The molecule has 0 radical (unpaired) electrons. The van der Waals surface area contributed by atoms with Crippen LogP contribution in [-0.2, 0) is 33.3 Å². The van der Waals surface area contributed by atoms with Crippen LogP contribution >= 0.6 is 11.6 Å². The Morgan fingerprint density at radius 1 is 1.17 bits per heavy atom. The maximum atomic E-state index is 13.1. The van der Waals surface area contributed by atoms with Crippen LogP contribution in [0, 0.1) is 0 Å². The summed E-state index contributed by atoms with van der Waals surface area (Å²) in [6, 6.07) is 6.49. The second-order valence-electron chi connectivity index (χ2n) is 8.71. The third-order valence-electron chi connectivity index (χ3n) is 6.51. The van der Waals surface area contributed by atoms with E-state index in [1.54, 1.807) is 36.9 Å². The van der Waals surface area contributed by atoms with Crippen LogP contribution in [0.2, 0.25) is 5.02 Å². The minimum Gasteiger partial charge on any atom is -0.460 e. The van der Waals surface area contributed by atoms with E-state index < -0.39 is 36.0 Å². The zero-order valence-electron chi connectivity index (χ0n) is 20.0. The number of fused-ring (bicyclic) bond motifs is 1. The second kappa shape index (κ2) is 9.54. The number of carbonyl (C=O) groups is 3. The molecule has 2 unspecified atom stereocenters. The van der Waals surface area contributed by atoms with Crippen molar-refractivity contribution in [1.82, 2.24) is 4.90 Å². The largest absolute Gasteiger partial charge is 0.460 e. The molecule has 2 heterocycles. The van der Waals surface area contributed by atoms with Crippen molar-refractivity contribution < 1.29 is 38.1 Å². The molecular formula is C26H26ClNO8. The van der Waals surface area contributed by atoms with E-state index in [0.717, 1.165) is 29.6 Å². The Morgan fingerprint density at radius 2 is 1.92 bits per heavy atom. The van der Waals surface area contributed by atoms with E-state index >= 15 is 0 Å². The molecule has 36 heavy (non-hydrogen) atoms. The highest BCUT2D eigenvalue weighted by atomic mass is 35.5. The van der Waals surface area contributed by atoms with Gasteiger partial charge in [-0.15, -0.1) is 0 Å². The lowest BCUT2D eigenvalue weighted by Gasteiger charge is -2.32. The third-order valence-corrected chi connectivity index (χ3v) is 6.75. The van der Waals surface area contributed by atoms with E-state index in [0.29, 0.717) is 11.4 Å². The Kier molecular flexibility index (Phi) is 6.42. The number of allylic oxidation sites excluding steroid dienone is 2. The van der Waals surface area contributed by atoms with Crippen molar-refractivity contribution in [3.05, 3.63) is 69.7 Å². The van der Waals surface area contributed by atoms with Crippen LogP contribution in [0.4, 0.5) is 4.79 Å². The molecule has 1 aromatic rings. The van der Waals surface area contributed by atoms with Gasteiger partial charge in [0.25, 0.3) is 0 Å². The van der Waals surface area contributed by atoms with E-state index in [1.165, 1.54) is 0 Å². The maximum Gasteiger partial charge on any atom is 0.453 e. The van der Waals surface area contributed by atoms with Crippen molar-refractivity contribution in [3.8, 4) is 0 Å². The van der Waals surface area contributed by atoms with E-state index in [2.05, 4.69) is 0 Å². The van der Waals surface area contributed by atoms with Gasteiger partial charge in [-0.05, 0) is 50.8 Å². The first-order valence-corrected chi connectivity index (χ1v) is 12.3. The van der Waals surface area contributed by atoms with Crippen LogP contribution in [0.5, 0.6) is 0 Å². The van der Waals surface area contributed by atoms with Gasteiger partial charge in [-0.25, -0.2) is 14.4 Å². The molecule has 0 spiro atoms. The summed E-state index contributed by atoms with van der Waals surface area (Å²) in [6.07, 6.45) is 4.81. The lowest BCUT2D eigenvalue weighted by Crippen LogP contribution is -2.51. The van der Waals surface area contributed by atoms with Crippen molar-refractivity contribution in [1.29, 1.82) is 0 Å². The first kappa shape index (κ1) is 24.2. The van der Waals surface area contributed by atoms with Gasteiger partial charge in [0.1, 0.15) is 12.1 Å². The minimum atomic E-state index is -2.45. The van der Waals surface area contributed by atoms with Crippen molar-refractivity contribution in [2.75, 3.05) is 19.8 Å². The fourth-order valence-electron chi connectivity index (χ4n) is 4.88. The molecule has 2 aliphatic carbocycles. The number of ether oxygens (including phenoxy) is 5. The number of hydrogen-bond acceptors (Lipinski definition) is 8. The fourth-order valence-corrected chi connectivity index (χ4v) is 5.08. The highest BCUT2D eigenvalue weighted by molar-refractivity contribution is 6.30. The van der Waals surface area contributed by atoms with Gasteiger partial charge in [0.2, 0.25) is 0 Å². The zero-order valence-corrected chi connectivity index (χ0v) is 20.7. The third kappa shape index (κ3) is 4.01. The first-order chi connectivity index (χ1) is 17.4. The zero-order chi connectivity index (χ0) is 25.4. The monoisotopic (exact) mass is 515 g/mol. The first-order valence-electron chi connectivity index (χ1n) is 12.0. The Hall–Kier alpha value is -3.46. The Morgan fingerprint density at radius 3 is 2.61 bits per heavy atom. The molecule has 0 saturated carbocycles. The van der Waals surface area contributed by atoms with E-state index in [-0.39, 0.29) is 31.3 Å². The van der Waals surface area contributed by atoms with Gasteiger partial charge in [-0.2, -0.15) is 0 Å². The summed E-state index contributed by atoms with van der Waals surface area (Å²) in [5, 5.41) is 0.537. The van der Waals surface area contributed by atoms with Gasteiger partial charge >= 0.3 is 23.8 Å². The average Bonchev–Trinajstić information content (AvgIpc) is 3.46. The number of cyclic esters (lactones) is 1. The highest BCUT2D eigenvalue weighted by Crippen LogP contribution is 2.48. The van der Waals surface area contributed by atoms with Crippen molar-refractivity contribution in [2.45, 2.75) is 51.0 Å². The highest BCUT2D eigenvalue weighted by Gasteiger charge is 2.63. The van der Waals surface area contributed by atoms with E-state index in [1.807, 2.05) is 18.2 Å². The molecule has 0 bridgehead atoms. The van der Waals surface area contributed by atoms with Gasteiger partial charge in [0.15, 0.2) is 11.5 Å². The summed E-state index contributed by atoms with van der Waals surface area (Å²) in [5.74, 6) is -4.04. The van der Waals surface area contributed by atoms with Gasteiger partial charge in [-0.3, -0.25) is 4.90 Å². The predicted octanol–water partition coefficient (Wildman–Crippen LogP) is 4.33. The van der Waals surface area contributed by atoms with Gasteiger partial charge in [0, 0.05) is 10.6 Å². The number of amides is 1. The van der Waals surface area contributed by atoms with Crippen LogP contribution in [0.3, 0.4) is 0 Å². The summed E-state index contributed by atoms with van der Waals surface area (Å²) in [7, 11) is 0. The number of nitrogens with zero attached hydrogens (tertiary/aromatic N) is 1. The van der Waals surface area contributed by atoms with Gasteiger partial charge < -0.3 is 23.7 Å². The average molecular weight is 516 g/mol. The minimum absolute atomic E-state index is 0.00835. The Bertz CT molecular complexity index is 1180. The predicted molar refractivity (Wildman–Crippen MR) is 126 cm³/mol. The van der Waals surface area contributed by atoms with Crippen LogP contribution in [0.25, 0.3) is 0 Å². The fraction of sp³-hybridized carbons (Fsp3) is 0.423. The molecule has 1 saturated heterocycles. The van der Waals surface area contributed by atoms with Gasteiger partial charge in [0.05, 0.1) is 19.8 Å². The number of halogens is 1. The standard InChI is InChI=1S/C26H26ClNO8/c1-3-32-23(29)26(24(30)33-4-2)35-21-18-11-6-5-8-15(18)13-19(22(21)36-26)28-14-20(34-25(28)31)16-9-7-10-17(27)12-16/h6-7,9-12,19-20H,3-5,8,13-14H2,1-2H3. The quantitative estimate of drug-likeness (QED) is 0.313. The summed E-state index contributed by atoms with van der Waals surface area (Å²) >= 11 is 6.14. The molecule has 2 atom stereocenters. The number of esters is 2. The number of benzene rings is 1. The molecule has 1 amide bonds. The Labute approximate surface area is 213 Å². The number of hydrogen-bond donors (Lipinski definition) is 0. The molecule has 1 aromatic carbocycles. The van der Waals surface area contributed by atoms with E-state index in [4.69, 9.17) is 35.3 Å². The number of carbonyl (C=O) groups excluding carboxylic acids is 3. The Balaban J connectivity index is 1.51.